The highest BCUT2D eigenvalue weighted by Gasteiger charge is 2.17. The summed E-state index contributed by atoms with van der Waals surface area (Å²) in [5.41, 5.74) is 0. The lowest BCUT2D eigenvalue weighted by Gasteiger charge is -2.27. The van der Waals surface area contributed by atoms with E-state index in [1.165, 1.54) is 9.80 Å². The standard InChI is InChI=1S/C14H23N3O10/c18-10-26-8-17(9-27-11-19)4-2-15(5-12(20)21)1-3-16(6-13(22)23)7-14(24)25/h10-11H,1-9H2,(H,20,21)(H,22,23)(H,24,25). The molecule has 0 amide bonds. The molecule has 0 aliphatic heterocycles. The van der Waals surface area contributed by atoms with Crippen LogP contribution in [-0.2, 0) is 33.4 Å². The Morgan fingerprint density at radius 2 is 0.963 bits per heavy atom. The Bertz CT molecular complexity index is 474. The van der Waals surface area contributed by atoms with Gasteiger partial charge in [0.05, 0.1) is 19.6 Å². The van der Waals surface area contributed by atoms with Gasteiger partial charge in [0.1, 0.15) is 13.5 Å². The first-order valence-corrected chi connectivity index (χ1v) is 7.71. The highest BCUT2D eigenvalue weighted by atomic mass is 16.6. The number of carbonyl (C=O) groups excluding carboxylic acids is 2. The molecule has 0 unspecified atom stereocenters. The van der Waals surface area contributed by atoms with Crippen LogP contribution in [0.4, 0.5) is 0 Å². The van der Waals surface area contributed by atoms with Crippen LogP contribution >= 0.6 is 0 Å². The van der Waals surface area contributed by atoms with Gasteiger partial charge < -0.3 is 24.8 Å². The van der Waals surface area contributed by atoms with Crippen LogP contribution in [0, 0.1) is 0 Å². The molecule has 3 N–H and O–H groups in total. The highest BCUT2D eigenvalue weighted by molar-refractivity contribution is 5.72. The molecule has 27 heavy (non-hydrogen) atoms. The molecule has 0 aliphatic carbocycles. The molecule has 13 nitrogen and oxygen atoms in total. The Labute approximate surface area is 154 Å². The Kier molecular flexibility index (Phi) is 12.9. The number of aliphatic carboxylic acids is 3. The highest BCUT2D eigenvalue weighted by Crippen LogP contribution is 1.97. The second-order valence-corrected chi connectivity index (χ2v) is 5.35. The van der Waals surface area contributed by atoms with Gasteiger partial charge in [0, 0.05) is 26.2 Å². The first-order chi connectivity index (χ1) is 12.8. The zero-order valence-electron chi connectivity index (χ0n) is 14.6. The molecular formula is C14H23N3O10. The fourth-order valence-electron chi connectivity index (χ4n) is 2.06. The van der Waals surface area contributed by atoms with E-state index in [2.05, 4.69) is 9.47 Å². The van der Waals surface area contributed by atoms with E-state index in [-0.39, 0.29) is 59.1 Å². The zero-order valence-corrected chi connectivity index (χ0v) is 14.6. The summed E-state index contributed by atoms with van der Waals surface area (Å²) in [5, 5.41) is 26.6. The van der Waals surface area contributed by atoms with Crippen LogP contribution in [-0.4, -0.2) is 120 Å². The fourth-order valence-corrected chi connectivity index (χ4v) is 2.06. The van der Waals surface area contributed by atoms with Gasteiger partial charge in [0.2, 0.25) is 0 Å². The summed E-state index contributed by atoms with van der Waals surface area (Å²) in [5.74, 6) is -3.54. The fraction of sp³-hybridized carbons (Fsp3) is 0.643. The topological polar surface area (TPSA) is 174 Å². The molecule has 0 heterocycles. The van der Waals surface area contributed by atoms with Gasteiger partial charge in [-0.05, 0) is 0 Å². The summed E-state index contributed by atoms with van der Waals surface area (Å²) in [6.07, 6.45) is 0. The molecule has 0 bridgehead atoms. The minimum absolute atomic E-state index is 0.0154. The molecule has 0 aliphatic rings. The van der Waals surface area contributed by atoms with Crippen molar-refractivity contribution in [2.75, 3.05) is 59.3 Å². The van der Waals surface area contributed by atoms with Crippen LogP contribution in [0.1, 0.15) is 0 Å². The molecule has 0 saturated heterocycles. The molecule has 0 aromatic carbocycles. The third kappa shape index (κ3) is 14.1. The minimum atomic E-state index is -1.20. The van der Waals surface area contributed by atoms with Crippen molar-refractivity contribution in [1.82, 2.24) is 14.7 Å². The molecule has 0 rings (SSSR count). The van der Waals surface area contributed by atoms with E-state index in [1.54, 1.807) is 0 Å². The normalized spacial score (nSPS) is 10.8. The number of hydrogen-bond donors (Lipinski definition) is 3. The summed E-state index contributed by atoms with van der Waals surface area (Å²) < 4.78 is 9.14. The van der Waals surface area contributed by atoms with E-state index in [9.17, 15) is 24.0 Å². The van der Waals surface area contributed by atoms with Crippen molar-refractivity contribution in [2.24, 2.45) is 0 Å². The molecule has 0 fully saturated rings. The molecule has 0 saturated carbocycles. The number of hydrogen-bond acceptors (Lipinski definition) is 10. The van der Waals surface area contributed by atoms with Crippen molar-refractivity contribution in [2.45, 2.75) is 0 Å². The smallest absolute Gasteiger partial charge is 0.317 e. The number of nitrogens with zero attached hydrogens (tertiary/aromatic N) is 3. The van der Waals surface area contributed by atoms with Crippen LogP contribution in [0.25, 0.3) is 0 Å². The summed E-state index contributed by atoms with van der Waals surface area (Å²) >= 11 is 0. The molecule has 0 atom stereocenters. The first kappa shape index (κ1) is 24.2. The van der Waals surface area contributed by atoms with Crippen LogP contribution < -0.4 is 0 Å². The van der Waals surface area contributed by atoms with Crippen molar-refractivity contribution < 1.29 is 48.8 Å². The largest absolute Gasteiger partial charge is 0.480 e. The van der Waals surface area contributed by atoms with Gasteiger partial charge in [-0.1, -0.05) is 0 Å². The predicted molar refractivity (Wildman–Crippen MR) is 86.5 cm³/mol. The molecular weight excluding hydrogens is 370 g/mol. The Balaban J connectivity index is 4.74. The predicted octanol–water partition coefficient (Wildman–Crippen LogP) is -2.59. The zero-order chi connectivity index (χ0) is 20.7. The van der Waals surface area contributed by atoms with Crippen molar-refractivity contribution in [3.05, 3.63) is 0 Å². The van der Waals surface area contributed by atoms with Gasteiger partial charge in [-0.3, -0.25) is 33.8 Å². The molecule has 0 aromatic rings. The molecule has 0 spiro atoms. The lowest BCUT2D eigenvalue weighted by atomic mass is 10.3. The Morgan fingerprint density at radius 3 is 1.33 bits per heavy atom. The Morgan fingerprint density at radius 1 is 0.630 bits per heavy atom. The van der Waals surface area contributed by atoms with Crippen LogP contribution in [0.2, 0.25) is 0 Å². The summed E-state index contributed by atoms with van der Waals surface area (Å²) in [4.78, 5) is 57.2. The van der Waals surface area contributed by atoms with Gasteiger partial charge in [0.25, 0.3) is 12.9 Å². The van der Waals surface area contributed by atoms with Crippen LogP contribution in [0.5, 0.6) is 0 Å². The quantitative estimate of drug-likeness (QED) is 0.163. The summed E-state index contributed by atoms with van der Waals surface area (Å²) in [6.45, 7) is -0.880. The van der Waals surface area contributed by atoms with Gasteiger partial charge in [-0.25, -0.2) is 4.90 Å². The van der Waals surface area contributed by atoms with E-state index in [0.717, 1.165) is 4.90 Å². The van der Waals surface area contributed by atoms with E-state index >= 15 is 0 Å². The minimum Gasteiger partial charge on any atom is -0.480 e. The van der Waals surface area contributed by atoms with Crippen molar-refractivity contribution >= 4 is 30.9 Å². The average molecular weight is 393 g/mol. The Hall–Kier alpha value is -2.77. The maximum atomic E-state index is 11.0. The summed E-state index contributed by atoms with van der Waals surface area (Å²) in [6, 6.07) is 0. The van der Waals surface area contributed by atoms with Gasteiger partial charge in [-0.2, -0.15) is 0 Å². The molecule has 0 radical (unpaired) electrons. The van der Waals surface area contributed by atoms with Crippen molar-refractivity contribution in [3.8, 4) is 0 Å². The third-order valence-electron chi connectivity index (χ3n) is 3.19. The molecule has 0 aromatic heterocycles. The number of ether oxygens (including phenoxy) is 2. The number of carboxylic acid groups (broad SMARTS) is 3. The number of carbonyl (C=O) groups is 5. The maximum absolute atomic E-state index is 11.0. The lowest BCUT2D eigenvalue weighted by molar-refractivity contribution is -0.144. The maximum Gasteiger partial charge on any atom is 0.317 e. The number of carboxylic acids is 3. The molecule has 154 valence electrons. The van der Waals surface area contributed by atoms with E-state index in [4.69, 9.17) is 15.3 Å². The average Bonchev–Trinajstić information content (AvgIpc) is 2.56. The third-order valence-corrected chi connectivity index (χ3v) is 3.19. The summed E-state index contributed by atoms with van der Waals surface area (Å²) in [7, 11) is 0. The van der Waals surface area contributed by atoms with Crippen molar-refractivity contribution in [3.63, 3.8) is 0 Å². The lowest BCUT2D eigenvalue weighted by Crippen LogP contribution is -2.44. The SMILES string of the molecule is O=COCN(CCN(CCN(CC(=O)O)CC(=O)O)CC(=O)O)COC=O. The molecule has 13 heteroatoms. The van der Waals surface area contributed by atoms with E-state index < -0.39 is 31.0 Å². The van der Waals surface area contributed by atoms with E-state index in [1.807, 2.05) is 0 Å². The number of rotatable bonds is 18. The second-order valence-electron chi connectivity index (χ2n) is 5.35. The van der Waals surface area contributed by atoms with Crippen LogP contribution in [0.15, 0.2) is 0 Å². The van der Waals surface area contributed by atoms with Crippen LogP contribution in [0.3, 0.4) is 0 Å². The second kappa shape index (κ2) is 14.4. The van der Waals surface area contributed by atoms with Gasteiger partial charge in [-0.15, -0.1) is 0 Å². The van der Waals surface area contributed by atoms with Crippen molar-refractivity contribution in [1.29, 1.82) is 0 Å². The van der Waals surface area contributed by atoms with E-state index in [0.29, 0.717) is 0 Å². The first-order valence-electron chi connectivity index (χ1n) is 7.71. The van der Waals surface area contributed by atoms with Gasteiger partial charge in [0.15, 0.2) is 0 Å². The monoisotopic (exact) mass is 393 g/mol. The van der Waals surface area contributed by atoms with Gasteiger partial charge >= 0.3 is 17.9 Å².